The first-order valence-corrected chi connectivity index (χ1v) is 10.4. The van der Waals surface area contributed by atoms with Crippen molar-refractivity contribution < 1.29 is 51.4 Å². The number of unbranched alkanes of at least 4 members (excludes halogenated alkanes) is 1. The van der Waals surface area contributed by atoms with Crippen LogP contribution in [0, 0.1) is 0 Å². The standard InChI is InChI=1S/C20H25BF3NO8/c1-2-3-10-30-19(28)32-12-31-18(27)14-7-4-6-13-11-15(21(29)33-17(13)14)25-16(26)8-5-9-20(22,23)24/h4,6-7,15,29H,2-3,5,8-12H2,1H3,(H,25,26)/t15-/m0/s1. The normalized spacial score (nSPS) is 15.2. The quantitative estimate of drug-likeness (QED) is 0.230. The Labute approximate surface area is 188 Å². The van der Waals surface area contributed by atoms with E-state index in [9.17, 15) is 32.6 Å². The highest BCUT2D eigenvalue weighted by atomic mass is 19.4. The Morgan fingerprint density at radius 2 is 1.97 bits per heavy atom. The number of esters is 1. The molecule has 0 aromatic heterocycles. The highest BCUT2D eigenvalue weighted by Crippen LogP contribution is 2.31. The Bertz CT molecular complexity index is 836. The van der Waals surface area contributed by atoms with Gasteiger partial charge in [-0.1, -0.05) is 25.5 Å². The second kappa shape index (κ2) is 12.3. The summed E-state index contributed by atoms with van der Waals surface area (Å²) in [5, 5.41) is 12.7. The summed E-state index contributed by atoms with van der Waals surface area (Å²) < 4.78 is 56.3. The van der Waals surface area contributed by atoms with Gasteiger partial charge in [0.05, 0.1) is 12.5 Å². The summed E-state index contributed by atoms with van der Waals surface area (Å²) in [6.45, 7) is 1.42. The van der Waals surface area contributed by atoms with E-state index in [4.69, 9.17) is 14.1 Å². The number of benzene rings is 1. The molecule has 0 aliphatic carbocycles. The Morgan fingerprint density at radius 1 is 1.21 bits per heavy atom. The van der Waals surface area contributed by atoms with Crippen LogP contribution in [0.5, 0.6) is 5.75 Å². The van der Waals surface area contributed by atoms with Crippen LogP contribution in [-0.4, -0.2) is 55.7 Å². The van der Waals surface area contributed by atoms with E-state index in [-0.39, 0.29) is 37.2 Å². The van der Waals surface area contributed by atoms with Crippen LogP contribution in [0.4, 0.5) is 18.0 Å². The Balaban J connectivity index is 1.90. The molecule has 0 saturated heterocycles. The van der Waals surface area contributed by atoms with Gasteiger partial charge in [-0.25, -0.2) is 9.59 Å². The highest BCUT2D eigenvalue weighted by molar-refractivity contribution is 6.47. The number of hydrogen-bond donors (Lipinski definition) is 2. The Hall–Kier alpha value is -2.96. The summed E-state index contributed by atoms with van der Waals surface area (Å²) >= 11 is 0. The molecule has 1 aromatic carbocycles. The minimum Gasteiger partial charge on any atom is -0.534 e. The number of hydrogen-bond acceptors (Lipinski definition) is 8. The van der Waals surface area contributed by atoms with E-state index in [1.807, 2.05) is 6.92 Å². The third-order valence-electron chi connectivity index (χ3n) is 4.63. The van der Waals surface area contributed by atoms with Crippen molar-refractivity contribution in [1.29, 1.82) is 0 Å². The topological polar surface area (TPSA) is 120 Å². The highest BCUT2D eigenvalue weighted by Gasteiger charge is 2.38. The average Bonchev–Trinajstić information content (AvgIpc) is 2.73. The number of rotatable bonds is 10. The predicted molar refractivity (Wildman–Crippen MR) is 108 cm³/mol. The van der Waals surface area contributed by atoms with Crippen molar-refractivity contribution in [1.82, 2.24) is 5.32 Å². The smallest absolute Gasteiger partial charge is 0.534 e. The molecule has 2 rings (SSSR count). The maximum atomic E-state index is 12.3. The van der Waals surface area contributed by atoms with Gasteiger partial charge in [-0.15, -0.1) is 0 Å². The minimum absolute atomic E-state index is 0.0306. The predicted octanol–water partition coefficient (Wildman–Crippen LogP) is 2.93. The summed E-state index contributed by atoms with van der Waals surface area (Å²) in [5.74, 6) is -2.42. The third-order valence-corrected chi connectivity index (χ3v) is 4.63. The van der Waals surface area contributed by atoms with E-state index >= 15 is 0 Å². The second-order valence-electron chi connectivity index (χ2n) is 7.30. The van der Waals surface area contributed by atoms with E-state index in [2.05, 4.69) is 10.1 Å². The lowest BCUT2D eigenvalue weighted by atomic mass is 9.72. The van der Waals surface area contributed by atoms with Crippen molar-refractivity contribution in [2.24, 2.45) is 0 Å². The molecule has 1 heterocycles. The molecule has 1 amide bonds. The molecule has 0 bridgehead atoms. The molecule has 0 saturated carbocycles. The second-order valence-corrected chi connectivity index (χ2v) is 7.30. The zero-order valence-corrected chi connectivity index (χ0v) is 18.0. The van der Waals surface area contributed by atoms with Crippen molar-refractivity contribution in [3.8, 4) is 5.75 Å². The van der Waals surface area contributed by atoms with Gasteiger partial charge in [0.1, 0.15) is 11.3 Å². The number of nitrogens with one attached hydrogen (secondary N) is 1. The van der Waals surface area contributed by atoms with Gasteiger partial charge in [0, 0.05) is 12.8 Å². The number of carbonyl (C=O) groups is 3. The zero-order valence-electron chi connectivity index (χ0n) is 18.0. The van der Waals surface area contributed by atoms with Gasteiger partial charge in [-0.05, 0) is 30.9 Å². The molecule has 182 valence electrons. The third kappa shape index (κ3) is 8.83. The Kier molecular flexibility index (Phi) is 9.83. The van der Waals surface area contributed by atoms with E-state index in [0.717, 1.165) is 6.42 Å². The van der Waals surface area contributed by atoms with Crippen LogP contribution in [0.3, 0.4) is 0 Å². The molecule has 1 aliphatic heterocycles. The molecule has 0 spiro atoms. The largest absolute Gasteiger partial charge is 0.547 e. The number of amides is 1. The Morgan fingerprint density at radius 3 is 2.67 bits per heavy atom. The van der Waals surface area contributed by atoms with Gasteiger partial charge in [0.25, 0.3) is 0 Å². The van der Waals surface area contributed by atoms with Crippen LogP contribution in [0.25, 0.3) is 0 Å². The van der Waals surface area contributed by atoms with Crippen molar-refractivity contribution >= 4 is 25.2 Å². The van der Waals surface area contributed by atoms with Crippen LogP contribution in [0.1, 0.15) is 54.9 Å². The number of halogens is 3. The van der Waals surface area contributed by atoms with Gasteiger partial charge in [0.15, 0.2) is 0 Å². The average molecular weight is 475 g/mol. The van der Waals surface area contributed by atoms with Crippen molar-refractivity contribution in [3.63, 3.8) is 0 Å². The molecule has 0 radical (unpaired) electrons. The molecule has 1 aliphatic rings. The summed E-state index contributed by atoms with van der Waals surface area (Å²) in [5.41, 5.74) is 0.430. The maximum absolute atomic E-state index is 12.3. The summed E-state index contributed by atoms with van der Waals surface area (Å²) in [7, 11) is -1.54. The molecule has 1 atom stereocenters. The van der Waals surface area contributed by atoms with Crippen LogP contribution in [0.2, 0.25) is 0 Å². The summed E-state index contributed by atoms with van der Waals surface area (Å²) in [4.78, 5) is 35.6. The molecule has 9 nitrogen and oxygen atoms in total. The van der Waals surface area contributed by atoms with E-state index in [1.54, 1.807) is 6.07 Å². The number of fused-ring (bicyclic) bond motifs is 1. The molecular formula is C20H25BF3NO8. The SMILES string of the molecule is CCCCOC(=O)OCOC(=O)c1cccc2c1OB(O)[C@@H](NC(=O)CCCC(F)(F)F)C2. The summed E-state index contributed by atoms with van der Waals surface area (Å²) in [6, 6.07) is 4.50. The first-order valence-electron chi connectivity index (χ1n) is 10.4. The fourth-order valence-electron chi connectivity index (χ4n) is 2.99. The number of carbonyl (C=O) groups excluding carboxylic acids is 3. The first kappa shape index (κ1) is 26.3. The van der Waals surface area contributed by atoms with Gasteiger partial charge >= 0.3 is 25.4 Å². The van der Waals surface area contributed by atoms with E-state index < -0.39 is 50.5 Å². The lowest BCUT2D eigenvalue weighted by molar-refractivity contribution is -0.137. The van der Waals surface area contributed by atoms with Crippen LogP contribution < -0.4 is 9.97 Å². The fourth-order valence-corrected chi connectivity index (χ4v) is 2.99. The number of para-hydroxylation sites is 1. The maximum Gasteiger partial charge on any atom is 0.547 e. The van der Waals surface area contributed by atoms with Crippen LogP contribution >= 0.6 is 0 Å². The van der Waals surface area contributed by atoms with Gasteiger partial charge in [-0.3, -0.25) is 4.79 Å². The first-order chi connectivity index (χ1) is 15.6. The zero-order chi connectivity index (χ0) is 24.4. The van der Waals surface area contributed by atoms with Crippen molar-refractivity contribution in [2.75, 3.05) is 13.4 Å². The molecule has 1 aromatic rings. The van der Waals surface area contributed by atoms with Gasteiger partial charge < -0.3 is 29.2 Å². The van der Waals surface area contributed by atoms with Gasteiger partial charge in [-0.2, -0.15) is 13.2 Å². The molecule has 33 heavy (non-hydrogen) atoms. The molecule has 0 unspecified atom stereocenters. The number of alkyl halides is 3. The van der Waals surface area contributed by atoms with Gasteiger partial charge in [0.2, 0.25) is 12.7 Å². The van der Waals surface area contributed by atoms with Crippen LogP contribution in [0.15, 0.2) is 18.2 Å². The lowest BCUT2D eigenvalue weighted by Crippen LogP contribution is -2.53. The van der Waals surface area contributed by atoms with Crippen molar-refractivity contribution in [2.45, 2.75) is 57.6 Å². The van der Waals surface area contributed by atoms with E-state index in [0.29, 0.717) is 12.0 Å². The van der Waals surface area contributed by atoms with E-state index in [1.165, 1.54) is 12.1 Å². The minimum atomic E-state index is -4.35. The molecule has 0 fully saturated rings. The number of ether oxygens (including phenoxy) is 3. The van der Waals surface area contributed by atoms with Crippen molar-refractivity contribution in [3.05, 3.63) is 29.3 Å². The molecule has 2 N–H and O–H groups in total. The molecule has 13 heteroatoms. The fraction of sp³-hybridized carbons (Fsp3) is 0.550. The summed E-state index contributed by atoms with van der Waals surface area (Å²) in [6.07, 6.45) is -5.58. The van der Waals surface area contributed by atoms with Crippen LogP contribution in [-0.2, 0) is 25.4 Å². The monoisotopic (exact) mass is 475 g/mol. The molecular weight excluding hydrogens is 450 g/mol. The lowest BCUT2D eigenvalue weighted by Gasteiger charge is -2.29.